The Morgan fingerprint density at radius 2 is 1.56 bits per heavy atom. The number of nitrogens with zero attached hydrogens (tertiary/aromatic N) is 1. The second-order valence-corrected chi connectivity index (χ2v) is 6.18. The van der Waals surface area contributed by atoms with Gasteiger partial charge in [0, 0.05) is 18.1 Å². The third-order valence-corrected chi connectivity index (χ3v) is 4.18. The zero-order valence-corrected chi connectivity index (χ0v) is 12.7. The smallest absolute Gasteiger partial charge is 0.154 e. The Labute approximate surface area is 114 Å². The second kappa shape index (κ2) is 5.23. The summed E-state index contributed by atoms with van der Waals surface area (Å²) < 4.78 is 2.34. The Bertz CT molecular complexity index is 512. The number of thiazole rings is 1. The molecular formula is C16H22NS+. The van der Waals surface area contributed by atoms with Crippen molar-refractivity contribution >= 4 is 11.3 Å². The molecule has 0 atom stereocenters. The van der Waals surface area contributed by atoms with Crippen molar-refractivity contribution in [1.29, 1.82) is 0 Å². The summed E-state index contributed by atoms with van der Waals surface area (Å²) in [5.74, 6) is 1.09. The van der Waals surface area contributed by atoms with E-state index in [1.807, 2.05) is 0 Å². The molecule has 0 aliphatic carbocycles. The maximum absolute atomic E-state index is 2.34. The van der Waals surface area contributed by atoms with Crippen molar-refractivity contribution in [2.45, 2.75) is 46.5 Å². The molecule has 1 aromatic carbocycles. The van der Waals surface area contributed by atoms with Gasteiger partial charge >= 0.3 is 0 Å². The van der Waals surface area contributed by atoms with Gasteiger partial charge in [-0.1, -0.05) is 57.2 Å². The van der Waals surface area contributed by atoms with Crippen LogP contribution in [0.4, 0.5) is 0 Å². The first kappa shape index (κ1) is 13.3. The molecule has 1 nitrogen and oxygen atoms in total. The van der Waals surface area contributed by atoms with Gasteiger partial charge in [-0.15, -0.1) is 0 Å². The summed E-state index contributed by atoms with van der Waals surface area (Å²) in [7, 11) is 0. The van der Waals surface area contributed by atoms with E-state index < -0.39 is 0 Å². The molecule has 0 saturated heterocycles. The summed E-state index contributed by atoms with van der Waals surface area (Å²) in [5.41, 5.74) is 7.79. The SMILES string of the molecule is Cc1csc[n+]1-c1c(C(C)C)cccc1C(C)C. The van der Waals surface area contributed by atoms with Crippen molar-refractivity contribution in [2.24, 2.45) is 0 Å². The zero-order chi connectivity index (χ0) is 13.3. The average Bonchev–Trinajstić information content (AvgIpc) is 2.74. The van der Waals surface area contributed by atoms with Crippen LogP contribution in [0.3, 0.4) is 0 Å². The number of aryl methyl sites for hydroxylation is 1. The summed E-state index contributed by atoms with van der Waals surface area (Å²) >= 11 is 1.76. The Morgan fingerprint density at radius 1 is 1.00 bits per heavy atom. The van der Waals surface area contributed by atoms with E-state index in [1.54, 1.807) is 11.3 Å². The fourth-order valence-corrected chi connectivity index (χ4v) is 3.11. The largest absolute Gasteiger partial charge is 0.230 e. The van der Waals surface area contributed by atoms with Crippen molar-refractivity contribution in [3.8, 4) is 5.69 Å². The zero-order valence-electron chi connectivity index (χ0n) is 11.9. The van der Waals surface area contributed by atoms with Gasteiger partial charge in [-0.25, -0.2) is 0 Å². The monoisotopic (exact) mass is 260 g/mol. The van der Waals surface area contributed by atoms with Gasteiger partial charge in [0.05, 0.1) is 5.38 Å². The van der Waals surface area contributed by atoms with Crippen molar-refractivity contribution in [1.82, 2.24) is 0 Å². The minimum absolute atomic E-state index is 0.547. The lowest BCUT2D eigenvalue weighted by Crippen LogP contribution is -2.34. The number of aromatic nitrogens is 1. The lowest BCUT2D eigenvalue weighted by atomic mass is 9.92. The minimum atomic E-state index is 0.547. The van der Waals surface area contributed by atoms with E-state index in [0.717, 1.165) is 0 Å². The standard InChI is InChI=1S/C16H22NS/c1-11(2)14-7-6-8-15(12(3)4)16(14)17-10-18-9-13(17)5/h6-12H,1-5H3/q+1. The number of benzene rings is 1. The van der Waals surface area contributed by atoms with Crippen LogP contribution < -0.4 is 4.57 Å². The maximum atomic E-state index is 2.34. The summed E-state index contributed by atoms with van der Waals surface area (Å²) in [6, 6.07) is 6.71. The van der Waals surface area contributed by atoms with Crippen LogP contribution in [-0.2, 0) is 0 Å². The molecule has 0 saturated carbocycles. The molecule has 0 N–H and O–H groups in total. The van der Waals surface area contributed by atoms with Crippen LogP contribution in [-0.4, -0.2) is 0 Å². The van der Waals surface area contributed by atoms with Gasteiger partial charge in [0.15, 0.2) is 5.69 Å². The Balaban J connectivity index is 2.72. The van der Waals surface area contributed by atoms with Crippen LogP contribution >= 0.6 is 11.3 Å². The molecule has 2 rings (SSSR count). The van der Waals surface area contributed by atoms with Crippen LogP contribution in [0.25, 0.3) is 5.69 Å². The fourth-order valence-electron chi connectivity index (χ4n) is 2.35. The van der Waals surface area contributed by atoms with Gasteiger partial charge in [-0.3, -0.25) is 0 Å². The van der Waals surface area contributed by atoms with E-state index in [4.69, 9.17) is 0 Å². The quantitative estimate of drug-likeness (QED) is 0.711. The Morgan fingerprint density at radius 3 is 1.94 bits per heavy atom. The van der Waals surface area contributed by atoms with Crippen molar-refractivity contribution in [3.63, 3.8) is 0 Å². The van der Waals surface area contributed by atoms with Crippen molar-refractivity contribution < 1.29 is 4.57 Å². The lowest BCUT2D eigenvalue weighted by Gasteiger charge is -2.14. The molecule has 0 radical (unpaired) electrons. The average molecular weight is 260 g/mol. The van der Waals surface area contributed by atoms with Gasteiger partial charge in [0.25, 0.3) is 0 Å². The number of hydrogen-bond donors (Lipinski definition) is 0. The van der Waals surface area contributed by atoms with E-state index in [-0.39, 0.29) is 0 Å². The molecule has 0 aliphatic rings. The van der Waals surface area contributed by atoms with E-state index in [2.05, 4.69) is 68.3 Å². The topological polar surface area (TPSA) is 3.88 Å². The van der Waals surface area contributed by atoms with Gasteiger partial charge < -0.3 is 0 Å². The molecule has 2 heteroatoms. The van der Waals surface area contributed by atoms with Crippen LogP contribution in [0.2, 0.25) is 0 Å². The van der Waals surface area contributed by atoms with E-state index in [1.165, 1.54) is 22.5 Å². The molecule has 0 unspecified atom stereocenters. The van der Waals surface area contributed by atoms with Crippen LogP contribution in [0.15, 0.2) is 29.1 Å². The molecular weight excluding hydrogens is 238 g/mol. The number of para-hydroxylation sites is 1. The molecule has 2 aromatic rings. The predicted molar refractivity (Wildman–Crippen MR) is 78.8 cm³/mol. The van der Waals surface area contributed by atoms with Gasteiger partial charge in [-0.05, 0) is 11.8 Å². The third kappa shape index (κ3) is 2.35. The Hall–Kier alpha value is -1.15. The summed E-state index contributed by atoms with van der Waals surface area (Å²) in [6.45, 7) is 11.3. The van der Waals surface area contributed by atoms with Crippen LogP contribution in [0.5, 0.6) is 0 Å². The maximum Gasteiger partial charge on any atom is 0.230 e. The predicted octanol–water partition coefficient (Wildman–Crippen LogP) is 4.58. The van der Waals surface area contributed by atoms with Crippen LogP contribution in [0.1, 0.15) is 56.4 Å². The highest BCUT2D eigenvalue weighted by Crippen LogP contribution is 2.28. The molecule has 96 valence electrons. The van der Waals surface area contributed by atoms with Gasteiger partial charge in [0.2, 0.25) is 11.2 Å². The summed E-state index contributed by atoms with van der Waals surface area (Å²) in [6.07, 6.45) is 0. The number of rotatable bonds is 3. The highest BCUT2D eigenvalue weighted by atomic mass is 32.1. The molecule has 0 fully saturated rings. The minimum Gasteiger partial charge on any atom is -0.154 e. The van der Waals surface area contributed by atoms with E-state index in [9.17, 15) is 0 Å². The number of hydrogen-bond acceptors (Lipinski definition) is 1. The third-order valence-electron chi connectivity index (χ3n) is 3.37. The molecule has 0 amide bonds. The van der Waals surface area contributed by atoms with Crippen LogP contribution in [0, 0.1) is 6.92 Å². The second-order valence-electron chi connectivity index (χ2n) is 5.47. The molecule has 18 heavy (non-hydrogen) atoms. The van der Waals surface area contributed by atoms with E-state index >= 15 is 0 Å². The van der Waals surface area contributed by atoms with Crippen molar-refractivity contribution in [3.05, 3.63) is 45.9 Å². The summed E-state index contributed by atoms with van der Waals surface area (Å²) in [5, 5.41) is 2.21. The molecule has 0 aliphatic heterocycles. The highest BCUT2D eigenvalue weighted by molar-refractivity contribution is 7.07. The van der Waals surface area contributed by atoms with Gasteiger partial charge in [-0.2, -0.15) is 4.57 Å². The molecule has 1 aromatic heterocycles. The van der Waals surface area contributed by atoms with Gasteiger partial charge in [0.1, 0.15) is 0 Å². The normalized spacial score (nSPS) is 11.5. The molecule has 1 heterocycles. The fraction of sp³-hybridized carbons (Fsp3) is 0.438. The van der Waals surface area contributed by atoms with E-state index in [0.29, 0.717) is 11.8 Å². The highest BCUT2D eigenvalue weighted by Gasteiger charge is 2.23. The summed E-state index contributed by atoms with van der Waals surface area (Å²) in [4.78, 5) is 0. The first-order valence-corrected chi connectivity index (χ1v) is 7.54. The molecule has 0 bridgehead atoms. The Kier molecular flexibility index (Phi) is 3.86. The lowest BCUT2D eigenvalue weighted by molar-refractivity contribution is -0.598. The molecule has 0 spiro atoms. The first-order valence-electron chi connectivity index (χ1n) is 6.60. The first-order chi connectivity index (χ1) is 8.52. The van der Waals surface area contributed by atoms with Crippen molar-refractivity contribution in [2.75, 3.05) is 0 Å².